The zero-order chi connectivity index (χ0) is 20.1. The van der Waals surface area contributed by atoms with Gasteiger partial charge in [0.15, 0.2) is 6.61 Å². The Morgan fingerprint density at radius 2 is 2.04 bits per heavy atom. The van der Waals surface area contributed by atoms with Gasteiger partial charge in [0.05, 0.1) is 11.7 Å². The van der Waals surface area contributed by atoms with Crippen LogP contribution in [-0.2, 0) is 21.4 Å². The molecule has 0 saturated heterocycles. The van der Waals surface area contributed by atoms with E-state index in [-0.39, 0.29) is 12.6 Å². The molecule has 1 atom stereocenters. The molecule has 144 valence electrons. The molecule has 0 aliphatic carbocycles. The summed E-state index contributed by atoms with van der Waals surface area (Å²) in [6.45, 7) is 5.16. The van der Waals surface area contributed by atoms with Gasteiger partial charge in [-0.3, -0.25) is 9.48 Å². The monoisotopic (exact) mass is 409 g/mol. The molecule has 1 heterocycles. The summed E-state index contributed by atoms with van der Waals surface area (Å²) >= 11 is 12.0. The van der Waals surface area contributed by atoms with Crippen LogP contribution in [0.3, 0.4) is 0 Å². The van der Waals surface area contributed by atoms with Crippen LogP contribution in [0.5, 0.6) is 0 Å². The Morgan fingerprint density at radius 1 is 1.33 bits per heavy atom. The highest BCUT2D eigenvalue weighted by molar-refractivity contribution is 6.35. The number of nitrogens with one attached hydrogen (secondary N) is 1. The molecule has 0 fully saturated rings. The molecule has 0 unspecified atom stereocenters. The lowest BCUT2D eigenvalue weighted by atomic mass is 10.1. The van der Waals surface area contributed by atoms with Gasteiger partial charge in [0.2, 0.25) is 0 Å². The Kier molecular flexibility index (Phi) is 7.05. The number of hydrogen-bond acceptors (Lipinski definition) is 4. The number of benzene rings is 1. The van der Waals surface area contributed by atoms with E-state index in [2.05, 4.69) is 10.4 Å². The maximum atomic E-state index is 12.0. The average Bonchev–Trinajstić information content (AvgIpc) is 2.83. The van der Waals surface area contributed by atoms with Gasteiger partial charge >= 0.3 is 5.97 Å². The van der Waals surface area contributed by atoms with Crippen molar-refractivity contribution >= 4 is 41.2 Å². The minimum Gasteiger partial charge on any atom is -0.452 e. The van der Waals surface area contributed by atoms with Crippen LogP contribution in [0.25, 0.3) is 6.08 Å². The second-order valence-corrected chi connectivity index (χ2v) is 6.95. The fourth-order valence-corrected chi connectivity index (χ4v) is 3.15. The molecule has 0 saturated carbocycles. The largest absolute Gasteiger partial charge is 0.452 e. The molecular weight excluding hydrogens is 389 g/mol. The van der Waals surface area contributed by atoms with Gasteiger partial charge in [-0.15, -0.1) is 0 Å². The molecule has 8 heteroatoms. The lowest BCUT2D eigenvalue weighted by Gasteiger charge is -2.15. The van der Waals surface area contributed by atoms with Crippen molar-refractivity contribution < 1.29 is 14.3 Å². The van der Waals surface area contributed by atoms with Gasteiger partial charge in [-0.25, -0.2) is 4.79 Å². The molecule has 0 aliphatic rings. The van der Waals surface area contributed by atoms with Crippen molar-refractivity contribution in [3.8, 4) is 0 Å². The van der Waals surface area contributed by atoms with Gasteiger partial charge in [-0.2, -0.15) is 5.10 Å². The highest BCUT2D eigenvalue weighted by atomic mass is 35.5. The van der Waals surface area contributed by atoms with Crippen LogP contribution in [0.2, 0.25) is 10.0 Å². The van der Waals surface area contributed by atoms with Gasteiger partial charge < -0.3 is 10.1 Å². The molecule has 2 rings (SSSR count). The predicted molar refractivity (Wildman–Crippen MR) is 106 cm³/mol. The molecule has 1 aromatic heterocycles. The maximum absolute atomic E-state index is 12.0. The number of halogens is 2. The standard InChI is InChI=1S/C19H21Cl2N3O3/c1-11(16-6-5-14(20)9-17(16)21)22-18(25)10-27-19(26)8-7-15-12(2)23-24(4)13(15)3/h5-9,11H,10H2,1-4H3,(H,22,25)/b8-7+/t11-/m0/s1. The fraction of sp³-hybridized carbons (Fsp3) is 0.316. The number of amides is 1. The zero-order valence-corrected chi connectivity index (χ0v) is 17.1. The summed E-state index contributed by atoms with van der Waals surface area (Å²) in [5, 5.41) is 7.96. The molecular formula is C19H21Cl2N3O3. The van der Waals surface area contributed by atoms with Gasteiger partial charge in [0.1, 0.15) is 0 Å². The number of aromatic nitrogens is 2. The van der Waals surface area contributed by atoms with Gasteiger partial charge in [-0.05, 0) is 44.5 Å². The van der Waals surface area contributed by atoms with E-state index in [1.165, 1.54) is 6.08 Å². The summed E-state index contributed by atoms with van der Waals surface area (Å²) < 4.78 is 6.71. The number of carbonyl (C=O) groups excluding carboxylic acids is 2. The first-order valence-corrected chi connectivity index (χ1v) is 9.04. The van der Waals surface area contributed by atoms with Crippen LogP contribution < -0.4 is 5.32 Å². The van der Waals surface area contributed by atoms with E-state index in [4.69, 9.17) is 27.9 Å². The summed E-state index contributed by atoms with van der Waals surface area (Å²) in [4.78, 5) is 23.8. The van der Waals surface area contributed by atoms with Crippen LogP contribution in [-0.4, -0.2) is 28.3 Å². The van der Waals surface area contributed by atoms with E-state index in [0.29, 0.717) is 10.0 Å². The quantitative estimate of drug-likeness (QED) is 0.581. The molecule has 0 radical (unpaired) electrons. The highest BCUT2D eigenvalue weighted by Gasteiger charge is 2.14. The number of carbonyl (C=O) groups is 2. The second-order valence-electron chi connectivity index (χ2n) is 6.10. The van der Waals surface area contributed by atoms with Crippen molar-refractivity contribution in [2.75, 3.05) is 6.61 Å². The molecule has 0 aliphatic heterocycles. The molecule has 6 nitrogen and oxygen atoms in total. The molecule has 0 spiro atoms. The molecule has 27 heavy (non-hydrogen) atoms. The molecule has 1 aromatic carbocycles. The van der Waals surface area contributed by atoms with Crippen molar-refractivity contribution in [3.05, 3.63) is 56.8 Å². The SMILES string of the molecule is Cc1nn(C)c(C)c1/C=C/C(=O)OCC(=O)N[C@@H](C)c1ccc(Cl)cc1Cl. The van der Waals surface area contributed by atoms with E-state index in [1.54, 1.807) is 35.9 Å². The van der Waals surface area contributed by atoms with E-state index >= 15 is 0 Å². The number of aryl methyl sites for hydroxylation is 2. The zero-order valence-electron chi connectivity index (χ0n) is 15.5. The summed E-state index contributed by atoms with van der Waals surface area (Å²) in [6.07, 6.45) is 2.91. The predicted octanol–water partition coefficient (Wildman–Crippen LogP) is 3.78. The van der Waals surface area contributed by atoms with E-state index in [0.717, 1.165) is 22.5 Å². The smallest absolute Gasteiger partial charge is 0.331 e. The number of hydrogen-bond donors (Lipinski definition) is 1. The second kappa shape index (κ2) is 9.06. The number of nitrogens with zero attached hydrogens (tertiary/aromatic N) is 2. The summed E-state index contributed by atoms with van der Waals surface area (Å²) in [7, 11) is 1.83. The van der Waals surface area contributed by atoms with Crippen molar-refractivity contribution in [3.63, 3.8) is 0 Å². The normalized spacial score (nSPS) is 12.2. The topological polar surface area (TPSA) is 73.2 Å². The van der Waals surface area contributed by atoms with Crippen molar-refractivity contribution in [1.82, 2.24) is 15.1 Å². The van der Waals surface area contributed by atoms with Crippen LogP contribution in [0.15, 0.2) is 24.3 Å². The van der Waals surface area contributed by atoms with E-state index < -0.39 is 11.9 Å². The summed E-state index contributed by atoms with van der Waals surface area (Å²) in [5.74, 6) is -1.03. The Balaban J connectivity index is 1.87. The van der Waals surface area contributed by atoms with Crippen molar-refractivity contribution in [1.29, 1.82) is 0 Å². The minimum absolute atomic E-state index is 0.350. The Hall–Kier alpha value is -2.31. The highest BCUT2D eigenvalue weighted by Crippen LogP contribution is 2.26. The molecule has 1 N–H and O–H groups in total. The molecule has 0 bridgehead atoms. The van der Waals surface area contributed by atoms with E-state index in [9.17, 15) is 9.59 Å². The van der Waals surface area contributed by atoms with Crippen LogP contribution in [0.1, 0.15) is 35.5 Å². The molecule has 1 amide bonds. The summed E-state index contributed by atoms with van der Waals surface area (Å²) in [6, 6.07) is 4.69. The van der Waals surface area contributed by atoms with Gasteiger partial charge in [-0.1, -0.05) is 29.3 Å². The first-order chi connectivity index (χ1) is 12.7. The maximum Gasteiger partial charge on any atom is 0.331 e. The van der Waals surface area contributed by atoms with Crippen molar-refractivity contribution in [2.24, 2.45) is 7.05 Å². The first-order valence-electron chi connectivity index (χ1n) is 8.28. The first kappa shape index (κ1) is 21.0. The lowest BCUT2D eigenvalue weighted by molar-refractivity contribution is -0.144. The Labute approximate surface area is 168 Å². The third kappa shape index (κ3) is 5.58. The number of ether oxygens (including phenoxy) is 1. The Bertz CT molecular complexity index is 891. The fourth-order valence-electron chi connectivity index (χ4n) is 2.58. The number of rotatable bonds is 6. The van der Waals surface area contributed by atoms with Crippen LogP contribution in [0, 0.1) is 13.8 Å². The van der Waals surface area contributed by atoms with E-state index in [1.807, 2.05) is 20.9 Å². The van der Waals surface area contributed by atoms with Gasteiger partial charge in [0, 0.05) is 34.4 Å². The van der Waals surface area contributed by atoms with Gasteiger partial charge in [0.25, 0.3) is 5.91 Å². The van der Waals surface area contributed by atoms with Crippen molar-refractivity contribution in [2.45, 2.75) is 26.8 Å². The average molecular weight is 410 g/mol. The number of esters is 1. The lowest BCUT2D eigenvalue weighted by Crippen LogP contribution is -2.31. The van der Waals surface area contributed by atoms with Crippen LogP contribution in [0.4, 0.5) is 0 Å². The minimum atomic E-state index is -0.606. The third-order valence-corrected chi connectivity index (χ3v) is 4.67. The Morgan fingerprint density at radius 3 is 2.63 bits per heavy atom. The summed E-state index contributed by atoms with van der Waals surface area (Å²) in [5.41, 5.74) is 3.32. The van der Waals surface area contributed by atoms with Crippen LogP contribution >= 0.6 is 23.2 Å². The third-order valence-electron chi connectivity index (χ3n) is 4.10. The molecule has 2 aromatic rings.